The van der Waals surface area contributed by atoms with Gasteiger partial charge < -0.3 is 13.3 Å². The highest BCUT2D eigenvalue weighted by Crippen LogP contribution is 2.08. The minimum Gasteiger partial charge on any atom is -0.360 e. The lowest BCUT2D eigenvalue weighted by molar-refractivity contribution is 0.112. The lowest BCUT2D eigenvalue weighted by Crippen LogP contribution is -2.50. The Bertz CT molecular complexity index is 214. The number of hydrogen-bond acceptors (Lipinski definition) is 4. The molecule has 0 spiro atoms. The summed E-state index contributed by atoms with van der Waals surface area (Å²) in [6.45, 7) is 0. The summed E-state index contributed by atoms with van der Waals surface area (Å²) in [6, 6.07) is 0. The van der Waals surface area contributed by atoms with E-state index < -0.39 is 8.97 Å². The van der Waals surface area contributed by atoms with E-state index >= 15 is 0 Å². The first-order chi connectivity index (χ1) is 5.79. The van der Waals surface area contributed by atoms with Gasteiger partial charge in [0.2, 0.25) is 0 Å². The number of hydrogen-bond donors (Lipinski definition) is 0. The van der Waals surface area contributed by atoms with Gasteiger partial charge in [-0.05, 0) is 0 Å². The van der Waals surface area contributed by atoms with Crippen LogP contribution in [-0.2, 0) is 13.3 Å². The zero-order valence-electron chi connectivity index (χ0n) is 7.35. The van der Waals surface area contributed by atoms with E-state index in [-0.39, 0.29) is 0 Å². The molecule has 5 nitrogen and oxygen atoms in total. The second kappa shape index (κ2) is 3.81. The number of imidazole rings is 1. The third-order valence-corrected chi connectivity index (χ3v) is 4.04. The fourth-order valence-corrected chi connectivity index (χ4v) is 2.58. The molecule has 0 aliphatic carbocycles. The topological polar surface area (TPSA) is 45.5 Å². The molecular weight excluding hydrogens is 176 g/mol. The Kier molecular flexibility index (Phi) is 2.98. The van der Waals surface area contributed by atoms with Crippen molar-refractivity contribution in [2.45, 2.75) is 0 Å². The quantitative estimate of drug-likeness (QED) is 0.629. The van der Waals surface area contributed by atoms with Gasteiger partial charge in [0, 0.05) is 33.7 Å². The third kappa shape index (κ3) is 1.41. The molecule has 0 amide bonds. The van der Waals surface area contributed by atoms with Gasteiger partial charge >= 0.3 is 8.97 Å². The molecule has 68 valence electrons. The molecular formula is C6H12N2O3Si. The van der Waals surface area contributed by atoms with Crippen LogP contribution in [0.15, 0.2) is 18.7 Å². The average Bonchev–Trinajstić information content (AvgIpc) is 2.62. The Hall–Kier alpha value is -0.693. The lowest BCUT2D eigenvalue weighted by Gasteiger charge is -2.23. The Morgan fingerprint density at radius 3 is 2.08 bits per heavy atom. The molecule has 0 aliphatic heterocycles. The summed E-state index contributed by atoms with van der Waals surface area (Å²) in [6.07, 6.45) is 5.02. The van der Waals surface area contributed by atoms with Crippen molar-refractivity contribution in [2.24, 2.45) is 0 Å². The van der Waals surface area contributed by atoms with Gasteiger partial charge in [0.05, 0.1) is 6.33 Å². The predicted octanol–water partition coefficient (Wildman–Crippen LogP) is 0.106. The van der Waals surface area contributed by atoms with Gasteiger partial charge in [0.15, 0.2) is 0 Å². The zero-order chi connectivity index (χ0) is 9.03. The molecule has 0 N–H and O–H groups in total. The summed E-state index contributed by atoms with van der Waals surface area (Å²) in [5.74, 6) is 0. The van der Waals surface area contributed by atoms with Crippen LogP contribution in [-0.4, -0.2) is 39.5 Å². The van der Waals surface area contributed by atoms with Crippen molar-refractivity contribution in [3.63, 3.8) is 0 Å². The van der Waals surface area contributed by atoms with Crippen molar-refractivity contribution >= 4 is 8.97 Å². The first kappa shape index (κ1) is 9.40. The van der Waals surface area contributed by atoms with Gasteiger partial charge in [0.25, 0.3) is 0 Å². The molecule has 1 rings (SSSR count). The molecule has 6 heteroatoms. The molecule has 0 unspecified atom stereocenters. The summed E-state index contributed by atoms with van der Waals surface area (Å²) >= 11 is 0. The average molecular weight is 188 g/mol. The summed E-state index contributed by atoms with van der Waals surface area (Å²) in [4.78, 5) is 3.89. The lowest BCUT2D eigenvalue weighted by atomic mass is 11.0. The third-order valence-electron chi connectivity index (χ3n) is 1.59. The van der Waals surface area contributed by atoms with Crippen LogP contribution in [0.25, 0.3) is 0 Å². The monoisotopic (exact) mass is 188 g/mol. The molecule has 1 aromatic rings. The van der Waals surface area contributed by atoms with Gasteiger partial charge in [0.1, 0.15) is 0 Å². The summed E-state index contributed by atoms with van der Waals surface area (Å²) in [5, 5.41) is 0. The van der Waals surface area contributed by atoms with Crippen molar-refractivity contribution in [3.05, 3.63) is 18.7 Å². The van der Waals surface area contributed by atoms with E-state index in [2.05, 4.69) is 4.98 Å². The fourth-order valence-electron chi connectivity index (χ4n) is 0.987. The Labute approximate surface area is 72.3 Å². The summed E-state index contributed by atoms with van der Waals surface area (Å²) in [7, 11) is 1.98. The SMILES string of the molecule is CO[Si](OC)(OC)n1ccnc1. The maximum Gasteiger partial charge on any atom is 0.637 e. The Morgan fingerprint density at radius 2 is 1.75 bits per heavy atom. The zero-order valence-corrected chi connectivity index (χ0v) is 8.35. The predicted molar refractivity (Wildman–Crippen MR) is 44.4 cm³/mol. The van der Waals surface area contributed by atoms with Gasteiger partial charge in [-0.3, -0.25) is 4.23 Å². The van der Waals surface area contributed by atoms with E-state index in [1.807, 2.05) is 0 Å². The van der Waals surface area contributed by atoms with Crippen LogP contribution in [0.3, 0.4) is 0 Å². The fraction of sp³-hybridized carbons (Fsp3) is 0.500. The summed E-state index contributed by atoms with van der Waals surface area (Å²) in [5.41, 5.74) is 0. The first-order valence-electron chi connectivity index (χ1n) is 3.43. The molecule has 0 saturated heterocycles. The Balaban J connectivity index is 2.93. The van der Waals surface area contributed by atoms with Gasteiger partial charge in [-0.15, -0.1) is 0 Å². The molecule has 0 fully saturated rings. The molecule has 0 bridgehead atoms. The van der Waals surface area contributed by atoms with E-state index in [1.54, 1.807) is 44.3 Å². The smallest absolute Gasteiger partial charge is 0.360 e. The second-order valence-electron chi connectivity index (χ2n) is 2.11. The van der Waals surface area contributed by atoms with E-state index in [4.69, 9.17) is 13.3 Å². The van der Waals surface area contributed by atoms with Crippen LogP contribution in [0.2, 0.25) is 0 Å². The summed E-state index contributed by atoms with van der Waals surface area (Å²) < 4.78 is 17.3. The number of rotatable bonds is 4. The normalized spacial score (nSPS) is 11.9. The van der Waals surface area contributed by atoms with E-state index in [0.717, 1.165) is 0 Å². The van der Waals surface area contributed by atoms with Gasteiger partial charge in [-0.2, -0.15) is 0 Å². The van der Waals surface area contributed by atoms with Crippen LogP contribution < -0.4 is 0 Å². The highest BCUT2D eigenvalue weighted by atomic mass is 28.4. The van der Waals surface area contributed by atoms with Crippen LogP contribution in [0.5, 0.6) is 0 Å². The maximum absolute atomic E-state index is 5.20. The Morgan fingerprint density at radius 1 is 1.17 bits per heavy atom. The maximum atomic E-state index is 5.20. The van der Waals surface area contributed by atoms with E-state index in [9.17, 15) is 0 Å². The molecule has 12 heavy (non-hydrogen) atoms. The van der Waals surface area contributed by atoms with Crippen LogP contribution in [0.1, 0.15) is 0 Å². The van der Waals surface area contributed by atoms with Crippen molar-refractivity contribution in [1.82, 2.24) is 9.22 Å². The van der Waals surface area contributed by atoms with Gasteiger partial charge in [-0.1, -0.05) is 0 Å². The van der Waals surface area contributed by atoms with Crippen LogP contribution in [0.4, 0.5) is 0 Å². The second-order valence-corrected chi connectivity index (χ2v) is 4.90. The van der Waals surface area contributed by atoms with Gasteiger partial charge in [-0.25, -0.2) is 4.98 Å². The molecule has 0 aliphatic rings. The highest BCUT2D eigenvalue weighted by molar-refractivity contribution is 6.58. The largest absolute Gasteiger partial charge is 0.637 e. The standard InChI is InChI=1S/C6H12N2O3Si/c1-9-12(10-2,11-3)8-5-4-7-6-8/h4-6H,1-3H3. The minimum atomic E-state index is -2.69. The van der Waals surface area contributed by atoms with E-state index in [1.165, 1.54) is 0 Å². The number of nitrogens with zero attached hydrogens (tertiary/aromatic N) is 2. The number of aromatic nitrogens is 2. The molecule has 0 radical (unpaired) electrons. The molecule has 0 aromatic carbocycles. The van der Waals surface area contributed by atoms with Crippen LogP contribution in [0, 0.1) is 0 Å². The van der Waals surface area contributed by atoms with E-state index in [0.29, 0.717) is 0 Å². The minimum absolute atomic E-state index is 1.55. The van der Waals surface area contributed by atoms with Crippen molar-refractivity contribution in [3.8, 4) is 0 Å². The van der Waals surface area contributed by atoms with Crippen molar-refractivity contribution in [2.75, 3.05) is 21.3 Å². The van der Waals surface area contributed by atoms with Crippen molar-refractivity contribution in [1.29, 1.82) is 0 Å². The van der Waals surface area contributed by atoms with Crippen molar-refractivity contribution < 1.29 is 13.3 Å². The highest BCUT2D eigenvalue weighted by Gasteiger charge is 2.41. The molecule has 1 heterocycles. The molecule has 0 saturated carbocycles. The molecule has 1 aromatic heterocycles. The molecule has 0 atom stereocenters. The van der Waals surface area contributed by atoms with Crippen LogP contribution >= 0.6 is 0 Å². The first-order valence-corrected chi connectivity index (χ1v) is 5.10.